The first-order valence-corrected chi connectivity index (χ1v) is 10.9. The highest BCUT2D eigenvalue weighted by Gasteiger charge is 2.32. The molecule has 1 aliphatic rings. The Kier molecular flexibility index (Phi) is 7.98. The first kappa shape index (κ1) is 24.3. The number of methoxy groups -OCH3 is 1. The van der Waals surface area contributed by atoms with Gasteiger partial charge in [0.15, 0.2) is 12.4 Å². The smallest absolute Gasteiger partial charge is 0.337 e. The van der Waals surface area contributed by atoms with Crippen LogP contribution >= 0.6 is 23.2 Å². The van der Waals surface area contributed by atoms with Gasteiger partial charge in [-0.05, 0) is 43.7 Å². The van der Waals surface area contributed by atoms with Crippen molar-refractivity contribution in [2.45, 2.75) is 32.5 Å². The van der Waals surface area contributed by atoms with E-state index in [-0.39, 0.29) is 51.8 Å². The third-order valence-corrected chi connectivity index (χ3v) is 6.06. The fourth-order valence-electron chi connectivity index (χ4n) is 3.74. The molecular formula is C23H25Cl2FN2O4. The summed E-state index contributed by atoms with van der Waals surface area (Å²) in [6.07, 6.45) is 0. The Labute approximate surface area is 196 Å². The van der Waals surface area contributed by atoms with Crippen LogP contribution in [0.2, 0.25) is 10.0 Å². The van der Waals surface area contributed by atoms with E-state index in [2.05, 4.69) is 16.6 Å². The maximum absolute atomic E-state index is 13.2. The van der Waals surface area contributed by atoms with Crippen molar-refractivity contribution in [1.29, 1.82) is 0 Å². The summed E-state index contributed by atoms with van der Waals surface area (Å²) in [4.78, 5) is 28.6. The van der Waals surface area contributed by atoms with E-state index in [1.807, 2.05) is 6.92 Å². The van der Waals surface area contributed by atoms with Crippen molar-refractivity contribution in [2.24, 2.45) is 0 Å². The van der Waals surface area contributed by atoms with Gasteiger partial charge in [0, 0.05) is 31.7 Å². The van der Waals surface area contributed by atoms with Crippen molar-refractivity contribution in [3.05, 3.63) is 63.4 Å². The molecule has 32 heavy (non-hydrogen) atoms. The van der Waals surface area contributed by atoms with Crippen LogP contribution in [0, 0.1) is 5.82 Å². The number of piperazine rings is 1. The number of rotatable bonds is 6. The molecule has 0 aromatic heterocycles. The number of halogens is 3. The van der Waals surface area contributed by atoms with Crippen molar-refractivity contribution in [3.8, 4) is 5.75 Å². The van der Waals surface area contributed by atoms with E-state index >= 15 is 0 Å². The molecule has 6 nitrogen and oxygen atoms in total. The van der Waals surface area contributed by atoms with Gasteiger partial charge in [-0.3, -0.25) is 9.69 Å². The zero-order valence-corrected chi connectivity index (χ0v) is 19.6. The fraction of sp³-hybridized carbons (Fsp3) is 0.391. The zero-order valence-electron chi connectivity index (χ0n) is 18.1. The molecule has 172 valence electrons. The number of benzene rings is 2. The summed E-state index contributed by atoms with van der Waals surface area (Å²) in [5, 5.41) is 0.243. The van der Waals surface area contributed by atoms with E-state index in [1.54, 1.807) is 17.0 Å². The molecule has 1 amide bonds. The highest BCUT2D eigenvalue weighted by Crippen LogP contribution is 2.34. The largest absolute Gasteiger partial charge is 0.481 e. The number of amides is 1. The Morgan fingerprint density at radius 2 is 1.69 bits per heavy atom. The molecule has 2 aromatic rings. The van der Waals surface area contributed by atoms with E-state index in [1.165, 1.54) is 31.4 Å². The van der Waals surface area contributed by atoms with Gasteiger partial charge in [-0.15, -0.1) is 0 Å². The van der Waals surface area contributed by atoms with Gasteiger partial charge in [-0.2, -0.15) is 0 Å². The Morgan fingerprint density at radius 1 is 1.06 bits per heavy atom. The standard InChI is InChI=1S/C23H25Cl2FN2O4/c1-14-11-28(15(2)10-27(14)12-16-4-6-18(26)7-5-16)21(29)13-32-22-19(24)8-17(9-20(22)25)23(30)31-3/h4-9,14-15H,10-13H2,1-3H3/t14-,15+/m1/s1. The van der Waals surface area contributed by atoms with Gasteiger partial charge in [-0.1, -0.05) is 35.3 Å². The number of carbonyl (C=O) groups is 2. The first-order chi connectivity index (χ1) is 15.2. The molecule has 9 heteroatoms. The minimum absolute atomic E-state index is 0.0320. The van der Waals surface area contributed by atoms with Crippen LogP contribution in [0.3, 0.4) is 0 Å². The summed E-state index contributed by atoms with van der Waals surface area (Å²) in [6, 6.07) is 9.31. The molecule has 0 aliphatic carbocycles. The number of esters is 1. The van der Waals surface area contributed by atoms with Gasteiger partial charge in [0.25, 0.3) is 5.91 Å². The minimum atomic E-state index is -0.572. The molecule has 0 bridgehead atoms. The van der Waals surface area contributed by atoms with Gasteiger partial charge in [-0.25, -0.2) is 9.18 Å². The van der Waals surface area contributed by atoms with E-state index in [0.29, 0.717) is 19.6 Å². The highest BCUT2D eigenvalue weighted by molar-refractivity contribution is 6.37. The van der Waals surface area contributed by atoms with Crippen molar-refractivity contribution in [3.63, 3.8) is 0 Å². The topological polar surface area (TPSA) is 59.1 Å². The number of nitrogens with zero attached hydrogens (tertiary/aromatic N) is 2. The van der Waals surface area contributed by atoms with E-state index < -0.39 is 5.97 Å². The maximum Gasteiger partial charge on any atom is 0.337 e. The molecule has 2 aromatic carbocycles. The van der Waals surface area contributed by atoms with Gasteiger partial charge < -0.3 is 14.4 Å². The monoisotopic (exact) mass is 482 g/mol. The lowest BCUT2D eigenvalue weighted by atomic mass is 10.1. The Morgan fingerprint density at radius 3 is 2.28 bits per heavy atom. The van der Waals surface area contributed by atoms with Gasteiger partial charge in [0.1, 0.15) is 5.82 Å². The fourth-order valence-corrected chi connectivity index (χ4v) is 4.34. The van der Waals surface area contributed by atoms with Gasteiger partial charge >= 0.3 is 5.97 Å². The molecule has 1 aliphatic heterocycles. The minimum Gasteiger partial charge on any atom is -0.481 e. The molecule has 0 unspecified atom stereocenters. The molecule has 0 N–H and O–H groups in total. The Hall–Kier alpha value is -2.35. The van der Waals surface area contributed by atoms with Gasteiger partial charge in [0.05, 0.1) is 22.7 Å². The summed E-state index contributed by atoms with van der Waals surface area (Å²) in [5.41, 5.74) is 1.22. The first-order valence-electron chi connectivity index (χ1n) is 10.2. The lowest BCUT2D eigenvalue weighted by molar-refractivity contribution is -0.139. The molecule has 1 saturated heterocycles. The second-order valence-corrected chi connectivity index (χ2v) is 8.66. The molecule has 2 atom stereocenters. The van der Waals surface area contributed by atoms with E-state index in [4.69, 9.17) is 27.9 Å². The van der Waals surface area contributed by atoms with E-state index in [0.717, 1.165) is 5.56 Å². The highest BCUT2D eigenvalue weighted by atomic mass is 35.5. The predicted octanol–water partition coefficient (Wildman–Crippen LogP) is 4.42. The normalized spacial score (nSPS) is 19.0. The molecule has 3 rings (SSSR count). The quantitative estimate of drug-likeness (QED) is 0.570. The van der Waals surface area contributed by atoms with Crippen molar-refractivity contribution < 1.29 is 23.5 Å². The van der Waals surface area contributed by atoms with Crippen LogP contribution in [0.4, 0.5) is 4.39 Å². The summed E-state index contributed by atoms with van der Waals surface area (Å²) >= 11 is 12.4. The summed E-state index contributed by atoms with van der Waals surface area (Å²) in [6.45, 7) is 5.70. The van der Waals surface area contributed by atoms with Crippen molar-refractivity contribution >= 4 is 35.1 Å². The Bertz CT molecular complexity index is 963. The maximum atomic E-state index is 13.2. The summed E-state index contributed by atoms with van der Waals surface area (Å²) < 4.78 is 23.4. The Balaban J connectivity index is 1.60. The SMILES string of the molecule is COC(=O)c1cc(Cl)c(OCC(=O)N2C[C@@H](C)N(Cc3ccc(F)cc3)C[C@@H]2C)c(Cl)c1. The molecule has 0 radical (unpaired) electrons. The van der Waals surface area contributed by atoms with Crippen LogP contribution in [0.25, 0.3) is 0 Å². The molecule has 1 heterocycles. The number of carbonyl (C=O) groups excluding carboxylic acids is 2. The van der Waals surface area contributed by atoms with E-state index in [9.17, 15) is 14.0 Å². The molecule has 0 saturated carbocycles. The second kappa shape index (κ2) is 10.5. The lowest BCUT2D eigenvalue weighted by Crippen LogP contribution is -2.58. The van der Waals surface area contributed by atoms with Crippen LogP contribution in [-0.4, -0.2) is 60.6 Å². The van der Waals surface area contributed by atoms with Gasteiger partial charge in [0.2, 0.25) is 0 Å². The van der Waals surface area contributed by atoms with Crippen LogP contribution in [-0.2, 0) is 16.1 Å². The van der Waals surface area contributed by atoms with Crippen LogP contribution in [0.1, 0.15) is 29.8 Å². The zero-order chi connectivity index (χ0) is 23.4. The molecule has 1 fully saturated rings. The number of hydrogen-bond acceptors (Lipinski definition) is 5. The average Bonchev–Trinajstić information content (AvgIpc) is 2.76. The molecule has 0 spiro atoms. The van der Waals surface area contributed by atoms with Crippen molar-refractivity contribution in [2.75, 3.05) is 26.8 Å². The van der Waals surface area contributed by atoms with Crippen LogP contribution < -0.4 is 4.74 Å². The lowest BCUT2D eigenvalue weighted by Gasteiger charge is -2.44. The van der Waals surface area contributed by atoms with Crippen LogP contribution in [0.15, 0.2) is 36.4 Å². The number of hydrogen-bond donors (Lipinski definition) is 0. The average molecular weight is 483 g/mol. The third kappa shape index (κ3) is 5.71. The van der Waals surface area contributed by atoms with Crippen molar-refractivity contribution in [1.82, 2.24) is 9.80 Å². The number of ether oxygens (including phenoxy) is 2. The summed E-state index contributed by atoms with van der Waals surface area (Å²) in [5.74, 6) is -0.872. The predicted molar refractivity (Wildman–Crippen MR) is 121 cm³/mol. The van der Waals surface area contributed by atoms with Crippen LogP contribution in [0.5, 0.6) is 5.75 Å². The second-order valence-electron chi connectivity index (χ2n) is 7.85. The molecular weight excluding hydrogens is 458 g/mol. The summed E-state index contributed by atoms with van der Waals surface area (Å²) in [7, 11) is 1.26. The third-order valence-electron chi connectivity index (χ3n) is 5.49.